The molecule has 0 unspecified atom stereocenters. The fourth-order valence-electron chi connectivity index (χ4n) is 1.96. The Labute approximate surface area is 112 Å². The van der Waals surface area contributed by atoms with Gasteiger partial charge in [-0.25, -0.2) is 0 Å². The van der Waals surface area contributed by atoms with E-state index in [1.807, 2.05) is 0 Å². The van der Waals surface area contributed by atoms with E-state index >= 15 is 0 Å². The van der Waals surface area contributed by atoms with E-state index in [1.165, 1.54) is 38.5 Å². The molecule has 18 heavy (non-hydrogen) atoms. The first-order chi connectivity index (χ1) is 8.68. The highest BCUT2D eigenvalue weighted by Crippen LogP contribution is 2.11. The first-order valence-corrected chi connectivity index (χ1v) is 7.31. The van der Waals surface area contributed by atoms with Crippen LogP contribution in [-0.2, 0) is 9.59 Å². The van der Waals surface area contributed by atoms with E-state index in [2.05, 4.69) is 6.58 Å². The molecule has 2 nitrogen and oxygen atoms in total. The largest absolute Gasteiger partial charge is 0.303 e. The predicted molar refractivity (Wildman–Crippen MR) is 76.7 cm³/mol. The Hall–Kier alpha value is -0.920. The number of hydrogen-bond acceptors (Lipinski definition) is 2. The van der Waals surface area contributed by atoms with Crippen LogP contribution in [0.4, 0.5) is 0 Å². The summed E-state index contributed by atoms with van der Waals surface area (Å²) in [6.45, 7) is 5.44. The van der Waals surface area contributed by atoms with Crippen LogP contribution in [0.3, 0.4) is 0 Å². The molecule has 0 spiro atoms. The summed E-state index contributed by atoms with van der Waals surface area (Å²) in [5, 5.41) is 0. The topological polar surface area (TPSA) is 34.1 Å². The standard InChI is InChI=1S/C16H28O2/c1-15(2)16(18)13-11-9-7-5-3-4-6-8-10-12-14-17/h14H,1,3-13H2,2H3. The van der Waals surface area contributed by atoms with Gasteiger partial charge in [-0.05, 0) is 25.3 Å². The van der Waals surface area contributed by atoms with Crippen molar-refractivity contribution in [1.29, 1.82) is 0 Å². The second-order valence-electron chi connectivity index (χ2n) is 5.09. The van der Waals surface area contributed by atoms with Crippen LogP contribution in [0.15, 0.2) is 12.2 Å². The lowest BCUT2D eigenvalue weighted by Gasteiger charge is -2.02. The van der Waals surface area contributed by atoms with Gasteiger partial charge in [-0.15, -0.1) is 0 Å². The highest BCUT2D eigenvalue weighted by atomic mass is 16.1. The number of carbonyl (C=O) groups excluding carboxylic acids is 2. The van der Waals surface area contributed by atoms with E-state index in [0.717, 1.165) is 32.0 Å². The zero-order chi connectivity index (χ0) is 13.6. The van der Waals surface area contributed by atoms with Crippen LogP contribution in [0.2, 0.25) is 0 Å². The van der Waals surface area contributed by atoms with Crippen molar-refractivity contribution in [3.8, 4) is 0 Å². The minimum atomic E-state index is 0.213. The number of carbonyl (C=O) groups is 2. The molecule has 2 heteroatoms. The van der Waals surface area contributed by atoms with Gasteiger partial charge >= 0.3 is 0 Å². The van der Waals surface area contributed by atoms with Crippen molar-refractivity contribution in [3.63, 3.8) is 0 Å². The quantitative estimate of drug-likeness (QED) is 0.272. The number of ketones is 1. The van der Waals surface area contributed by atoms with Gasteiger partial charge in [0, 0.05) is 12.8 Å². The molecule has 0 saturated heterocycles. The molecule has 0 aliphatic heterocycles. The van der Waals surface area contributed by atoms with Crippen molar-refractivity contribution < 1.29 is 9.59 Å². The molecule has 104 valence electrons. The van der Waals surface area contributed by atoms with Crippen molar-refractivity contribution in [2.45, 2.75) is 77.6 Å². The lowest BCUT2D eigenvalue weighted by Crippen LogP contribution is -1.97. The highest BCUT2D eigenvalue weighted by molar-refractivity contribution is 5.93. The van der Waals surface area contributed by atoms with Gasteiger partial charge in [-0.1, -0.05) is 51.5 Å². The first-order valence-electron chi connectivity index (χ1n) is 7.31. The molecular formula is C16H28O2. The van der Waals surface area contributed by atoms with Crippen LogP contribution in [0.25, 0.3) is 0 Å². The van der Waals surface area contributed by atoms with Crippen LogP contribution in [-0.4, -0.2) is 12.1 Å². The Morgan fingerprint density at radius 1 is 0.889 bits per heavy atom. The number of unbranched alkanes of at least 4 members (excludes halogenated alkanes) is 9. The maximum absolute atomic E-state index is 11.3. The summed E-state index contributed by atoms with van der Waals surface area (Å²) in [7, 11) is 0. The summed E-state index contributed by atoms with van der Waals surface area (Å²) in [5.41, 5.74) is 0.685. The molecule has 0 aliphatic carbocycles. The van der Waals surface area contributed by atoms with E-state index in [0.29, 0.717) is 12.0 Å². The summed E-state index contributed by atoms with van der Waals surface area (Å²) >= 11 is 0. The Bertz CT molecular complexity index is 243. The second-order valence-corrected chi connectivity index (χ2v) is 5.09. The molecule has 0 radical (unpaired) electrons. The first kappa shape index (κ1) is 17.1. The molecular weight excluding hydrogens is 224 g/mol. The van der Waals surface area contributed by atoms with Gasteiger partial charge in [0.05, 0.1) is 0 Å². The number of aldehydes is 1. The lowest BCUT2D eigenvalue weighted by atomic mass is 10.0. The van der Waals surface area contributed by atoms with E-state index in [-0.39, 0.29) is 5.78 Å². The third kappa shape index (κ3) is 11.6. The van der Waals surface area contributed by atoms with Crippen molar-refractivity contribution in [1.82, 2.24) is 0 Å². The van der Waals surface area contributed by atoms with Gasteiger partial charge < -0.3 is 4.79 Å². The van der Waals surface area contributed by atoms with E-state index in [4.69, 9.17) is 0 Å². The van der Waals surface area contributed by atoms with Crippen molar-refractivity contribution in [2.75, 3.05) is 0 Å². The average Bonchev–Trinajstić information content (AvgIpc) is 2.35. The number of allylic oxidation sites excluding steroid dienone is 1. The summed E-state index contributed by atoms with van der Waals surface area (Å²) < 4.78 is 0. The normalized spacial score (nSPS) is 10.3. The van der Waals surface area contributed by atoms with Crippen LogP contribution in [0.5, 0.6) is 0 Å². The summed E-state index contributed by atoms with van der Waals surface area (Å²) in [6.07, 6.45) is 13.1. The van der Waals surface area contributed by atoms with E-state index in [9.17, 15) is 9.59 Å². The maximum Gasteiger partial charge on any atom is 0.157 e. The Morgan fingerprint density at radius 2 is 1.33 bits per heavy atom. The van der Waals surface area contributed by atoms with E-state index < -0.39 is 0 Å². The summed E-state index contributed by atoms with van der Waals surface area (Å²) in [5.74, 6) is 0.213. The molecule has 0 heterocycles. The van der Waals surface area contributed by atoms with Crippen molar-refractivity contribution >= 4 is 12.1 Å². The van der Waals surface area contributed by atoms with Crippen molar-refractivity contribution in [3.05, 3.63) is 12.2 Å². The molecule has 0 atom stereocenters. The van der Waals surface area contributed by atoms with Crippen LogP contribution >= 0.6 is 0 Å². The van der Waals surface area contributed by atoms with Gasteiger partial charge in [0.1, 0.15) is 6.29 Å². The highest BCUT2D eigenvalue weighted by Gasteiger charge is 2.01. The smallest absolute Gasteiger partial charge is 0.157 e. The molecule has 0 fully saturated rings. The SMILES string of the molecule is C=C(C)C(=O)CCCCCCCCCCCC=O. The minimum Gasteiger partial charge on any atom is -0.303 e. The maximum atomic E-state index is 11.3. The third-order valence-corrected chi connectivity index (χ3v) is 3.20. The monoisotopic (exact) mass is 252 g/mol. The van der Waals surface area contributed by atoms with Gasteiger partial charge in [0.25, 0.3) is 0 Å². The number of Topliss-reactive ketones (excluding diaryl/α,β-unsaturated/α-hetero) is 1. The fraction of sp³-hybridized carbons (Fsp3) is 0.750. The summed E-state index contributed by atoms with van der Waals surface area (Å²) in [6, 6.07) is 0. The predicted octanol–water partition coefficient (Wildman–Crippen LogP) is 4.62. The molecule has 0 bridgehead atoms. The van der Waals surface area contributed by atoms with Crippen LogP contribution in [0, 0.1) is 0 Å². The van der Waals surface area contributed by atoms with Crippen LogP contribution in [0.1, 0.15) is 77.6 Å². The number of hydrogen-bond donors (Lipinski definition) is 0. The molecule has 0 rings (SSSR count). The molecule has 0 amide bonds. The third-order valence-electron chi connectivity index (χ3n) is 3.20. The molecule has 0 aromatic rings. The zero-order valence-corrected chi connectivity index (χ0v) is 11.9. The summed E-state index contributed by atoms with van der Waals surface area (Å²) in [4.78, 5) is 21.4. The van der Waals surface area contributed by atoms with E-state index in [1.54, 1.807) is 6.92 Å². The van der Waals surface area contributed by atoms with Crippen molar-refractivity contribution in [2.24, 2.45) is 0 Å². The van der Waals surface area contributed by atoms with Gasteiger partial charge in [-0.2, -0.15) is 0 Å². The van der Waals surface area contributed by atoms with Crippen LogP contribution < -0.4 is 0 Å². The molecule has 0 aliphatic rings. The van der Waals surface area contributed by atoms with Gasteiger partial charge in [0.15, 0.2) is 5.78 Å². The fourth-order valence-corrected chi connectivity index (χ4v) is 1.96. The molecule has 0 aromatic heterocycles. The molecule has 0 saturated carbocycles. The lowest BCUT2D eigenvalue weighted by molar-refractivity contribution is -0.115. The Morgan fingerprint density at radius 3 is 1.78 bits per heavy atom. The molecule has 0 aromatic carbocycles. The zero-order valence-electron chi connectivity index (χ0n) is 11.9. The Balaban J connectivity index is 3.10. The minimum absolute atomic E-state index is 0.213. The van der Waals surface area contributed by atoms with Gasteiger partial charge in [0.2, 0.25) is 0 Å². The van der Waals surface area contributed by atoms with Gasteiger partial charge in [-0.3, -0.25) is 4.79 Å². The average molecular weight is 252 g/mol. The second kappa shape index (κ2) is 12.5. The Kier molecular flexibility index (Phi) is 11.9. The number of rotatable bonds is 13. The molecule has 0 N–H and O–H groups in total.